The topological polar surface area (TPSA) is 70.7 Å². The van der Waals surface area contributed by atoms with Crippen molar-refractivity contribution in [1.82, 2.24) is 0 Å². The molecular weight excluding hydrogens is 378 g/mol. The Hall–Kier alpha value is -3.80. The average Bonchev–Trinajstić information content (AvgIpc) is 2.79. The Labute approximate surface area is 176 Å². The van der Waals surface area contributed by atoms with Gasteiger partial charge in [-0.25, -0.2) is 0 Å². The van der Waals surface area contributed by atoms with Gasteiger partial charge in [0.25, 0.3) is 5.91 Å². The Bertz CT molecular complexity index is 1010. The Morgan fingerprint density at radius 1 is 0.933 bits per heavy atom. The lowest BCUT2D eigenvalue weighted by Crippen LogP contribution is -2.30. The Balaban J connectivity index is 1.65. The van der Waals surface area contributed by atoms with E-state index in [0.717, 1.165) is 5.69 Å². The first-order valence-electron chi connectivity index (χ1n) is 9.76. The van der Waals surface area contributed by atoms with E-state index in [1.165, 1.54) is 0 Å². The van der Waals surface area contributed by atoms with Gasteiger partial charge in [-0.2, -0.15) is 0 Å². The summed E-state index contributed by atoms with van der Waals surface area (Å²) in [5.41, 5.74) is 2.70. The monoisotopic (exact) mass is 403 g/mol. The highest BCUT2D eigenvalue weighted by Crippen LogP contribution is 2.23. The van der Waals surface area contributed by atoms with Crippen LogP contribution in [0, 0.1) is 0 Å². The van der Waals surface area contributed by atoms with E-state index in [2.05, 4.69) is 10.6 Å². The fourth-order valence-electron chi connectivity index (χ4n) is 3.09. The number of para-hydroxylation sites is 3. The Morgan fingerprint density at radius 2 is 1.67 bits per heavy atom. The first-order valence-corrected chi connectivity index (χ1v) is 9.76. The highest BCUT2D eigenvalue weighted by Gasteiger charge is 2.16. The van der Waals surface area contributed by atoms with Gasteiger partial charge in [0.2, 0.25) is 5.91 Å². The first-order chi connectivity index (χ1) is 14.6. The molecule has 0 aliphatic rings. The summed E-state index contributed by atoms with van der Waals surface area (Å²) in [5, 5.41) is 5.89. The molecule has 3 aromatic rings. The lowest BCUT2D eigenvalue weighted by atomic mass is 10.1. The van der Waals surface area contributed by atoms with E-state index >= 15 is 0 Å². The summed E-state index contributed by atoms with van der Waals surface area (Å²) in [6.45, 7) is 2.56. The number of nitrogens with one attached hydrogen (secondary N) is 2. The minimum absolute atomic E-state index is 0.0614. The molecule has 0 radical (unpaired) electrons. The predicted octanol–water partition coefficient (Wildman–Crippen LogP) is 4.41. The van der Waals surface area contributed by atoms with Crippen molar-refractivity contribution in [2.24, 2.45) is 0 Å². The Kier molecular flexibility index (Phi) is 7.05. The molecule has 0 aromatic heterocycles. The lowest BCUT2D eigenvalue weighted by molar-refractivity contribution is -0.114. The smallest absolute Gasteiger partial charge is 0.258 e. The molecule has 0 saturated carbocycles. The fraction of sp³-hybridized carbons (Fsp3) is 0.167. The van der Waals surface area contributed by atoms with Crippen LogP contribution in [0.4, 0.5) is 17.1 Å². The maximum absolute atomic E-state index is 13.0. The molecule has 0 unspecified atom stereocenters. The van der Waals surface area contributed by atoms with Crippen LogP contribution >= 0.6 is 0 Å². The van der Waals surface area contributed by atoms with E-state index in [-0.39, 0.29) is 18.4 Å². The second-order valence-electron chi connectivity index (χ2n) is 6.57. The molecule has 3 rings (SSSR count). The lowest BCUT2D eigenvalue weighted by Gasteiger charge is -2.21. The van der Waals surface area contributed by atoms with Gasteiger partial charge in [-0.1, -0.05) is 36.4 Å². The number of benzene rings is 3. The van der Waals surface area contributed by atoms with E-state index in [4.69, 9.17) is 4.74 Å². The number of carbonyl (C=O) groups is 2. The second kappa shape index (κ2) is 10.1. The van der Waals surface area contributed by atoms with Crippen LogP contribution in [0.3, 0.4) is 0 Å². The maximum atomic E-state index is 13.0. The van der Waals surface area contributed by atoms with Crippen molar-refractivity contribution >= 4 is 28.9 Å². The molecule has 0 atom stereocenters. The predicted molar refractivity (Wildman–Crippen MR) is 120 cm³/mol. The normalized spacial score (nSPS) is 10.2. The molecule has 0 fully saturated rings. The van der Waals surface area contributed by atoms with Crippen molar-refractivity contribution in [3.05, 3.63) is 84.4 Å². The molecule has 0 aliphatic carbocycles. The van der Waals surface area contributed by atoms with E-state index < -0.39 is 0 Å². The van der Waals surface area contributed by atoms with Crippen LogP contribution in [0.1, 0.15) is 17.3 Å². The van der Waals surface area contributed by atoms with E-state index in [9.17, 15) is 9.59 Å². The van der Waals surface area contributed by atoms with Crippen LogP contribution in [-0.2, 0) is 4.79 Å². The molecular formula is C24H25N3O3. The van der Waals surface area contributed by atoms with Gasteiger partial charge >= 0.3 is 0 Å². The molecule has 2 amide bonds. The molecule has 30 heavy (non-hydrogen) atoms. The Morgan fingerprint density at radius 3 is 2.40 bits per heavy atom. The van der Waals surface area contributed by atoms with Crippen LogP contribution in [0.25, 0.3) is 0 Å². The zero-order valence-corrected chi connectivity index (χ0v) is 17.1. The summed E-state index contributed by atoms with van der Waals surface area (Å²) in [6.07, 6.45) is 0. The zero-order chi connectivity index (χ0) is 21.3. The molecule has 0 saturated heterocycles. The summed E-state index contributed by atoms with van der Waals surface area (Å²) in [4.78, 5) is 27.0. The van der Waals surface area contributed by atoms with Gasteiger partial charge in [0, 0.05) is 23.5 Å². The van der Waals surface area contributed by atoms with Gasteiger partial charge < -0.3 is 20.3 Å². The molecule has 0 spiro atoms. The van der Waals surface area contributed by atoms with Gasteiger partial charge in [0.15, 0.2) is 0 Å². The molecule has 0 bridgehead atoms. The number of rotatable bonds is 8. The second-order valence-corrected chi connectivity index (χ2v) is 6.57. The van der Waals surface area contributed by atoms with E-state index in [0.29, 0.717) is 29.2 Å². The largest absolute Gasteiger partial charge is 0.495 e. The maximum Gasteiger partial charge on any atom is 0.258 e. The molecule has 3 aromatic carbocycles. The fourth-order valence-corrected chi connectivity index (χ4v) is 3.09. The van der Waals surface area contributed by atoms with Crippen molar-refractivity contribution < 1.29 is 14.3 Å². The van der Waals surface area contributed by atoms with Crippen molar-refractivity contribution in [3.8, 4) is 5.75 Å². The average molecular weight is 403 g/mol. The molecule has 6 heteroatoms. The number of carbonyl (C=O) groups excluding carboxylic acids is 2. The number of anilines is 3. The zero-order valence-electron chi connectivity index (χ0n) is 17.1. The summed E-state index contributed by atoms with van der Waals surface area (Å²) in [6, 6.07) is 23.9. The third-order valence-corrected chi connectivity index (χ3v) is 4.57. The standard InChI is InChI=1S/C24H25N3O3/c1-3-27(20-12-5-4-6-13-20)24(29)18-10-9-11-19(16-18)25-17-23(28)26-21-14-7-8-15-22(21)30-2/h4-16,25H,3,17H2,1-2H3,(H,26,28). The van der Waals surface area contributed by atoms with Gasteiger partial charge in [0.05, 0.1) is 19.3 Å². The van der Waals surface area contributed by atoms with Gasteiger partial charge in [-0.3, -0.25) is 9.59 Å². The van der Waals surface area contributed by atoms with Gasteiger partial charge in [-0.05, 0) is 49.4 Å². The molecule has 0 heterocycles. The summed E-state index contributed by atoms with van der Waals surface area (Å²) >= 11 is 0. The van der Waals surface area contributed by atoms with Crippen LogP contribution in [0.2, 0.25) is 0 Å². The highest BCUT2D eigenvalue weighted by molar-refractivity contribution is 6.06. The van der Waals surface area contributed by atoms with Crippen molar-refractivity contribution in [2.45, 2.75) is 6.92 Å². The molecule has 0 aliphatic heterocycles. The number of amides is 2. The summed E-state index contributed by atoms with van der Waals surface area (Å²) in [5.74, 6) is 0.292. The van der Waals surface area contributed by atoms with Crippen LogP contribution in [0.15, 0.2) is 78.9 Å². The quantitative estimate of drug-likeness (QED) is 0.584. The number of ether oxygens (including phenoxy) is 1. The van der Waals surface area contributed by atoms with Crippen molar-refractivity contribution in [2.75, 3.05) is 35.7 Å². The van der Waals surface area contributed by atoms with Crippen molar-refractivity contribution in [3.63, 3.8) is 0 Å². The minimum Gasteiger partial charge on any atom is -0.495 e. The summed E-state index contributed by atoms with van der Waals surface area (Å²) < 4.78 is 5.24. The number of hydrogen-bond acceptors (Lipinski definition) is 4. The first kappa shape index (κ1) is 20.9. The molecule has 2 N–H and O–H groups in total. The van der Waals surface area contributed by atoms with Gasteiger partial charge in [0.1, 0.15) is 5.75 Å². The van der Waals surface area contributed by atoms with Crippen LogP contribution in [-0.4, -0.2) is 32.0 Å². The van der Waals surface area contributed by atoms with Crippen LogP contribution < -0.4 is 20.3 Å². The van der Waals surface area contributed by atoms with Gasteiger partial charge in [-0.15, -0.1) is 0 Å². The number of hydrogen-bond donors (Lipinski definition) is 2. The number of methoxy groups -OCH3 is 1. The highest BCUT2D eigenvalue weighted by atomic mass is 16.5. The SMILES string of the molecule is CCN(C(=O)c1cccc(NCC(=O)Nc2ccccc2OC)c1)c1ccccc1. The molecule has 6 nitrogen and oxygen atoms in total. The van der Waals surface area contributed by atoms with Crippen molar-refractivity contribution in [1.29, 1.82) is 0 Å². The third kappa shape index (κ3) is 5.17. The van der Waals surface area contributed by atoms with Crippen LogP contribution in [0.5, 0.6) is 5.75 Å². The van der Waals surface area contributed by atoms with E-state index in [1.54, 1.807) is 42.3 Å². The van der Waals surface area contributed by atoms with E-state index in [1.807, 2.05) is 55.5 Å². The number of nitrogens with zero attached hydrogens (tertiary/aromatic N) is 1. The molecule has 154 valence electrons. The minimum atomic E-state index is -0.212. The summed E-state index contributed by atoms with van der Waals surface area (Å²) in [7, 11) is 1.56. The third-order valence-electron chi connectivity index (χ3n) is 4.57.